The fourth-order valence-electron chi connectivity index (χ4n) is 5.09. The summed E-state index contributed by atoms with van der Waals surface area (Å²) in [4.78, 5) is 25.4. The minimum Gasteiger partial charge on any atom is -0.299 e. The zero-order chi connectivity index (χ0) is 25.3. The Balaban J connectivity index is 1.03. The van der Waals surface area contributed by atoms with Gasteiger partial charge in [-0.05, 0) is 49.7 Å². The minimum absolute atomic E-state index is 0.395. The molecule has 9 nitrogen and oxygen atoms in total. The van der Waals surface area contributed by atoms with Gasteiger partial charge in [-0.1, -0.05) is 30.3 Å². The Morgan fingerprint density at radius 1 is 0.895 bits per heavy atom. The summed E-state index contributed by atoms with van der Waals surface area (Å²) in [6.45, 7) is 2.98. The molecule has 0 atom stereocenters. The molecule has 0 bridgehead atoms. The van der Waals surface area contributed by atoms with Crippen LogP contribution in [0.1, 0.15) is 30.1 Å². The van der Waals surface area contributed by atoms with Crippen molar-refractivity contribution < 1.29 is 0 Å². The number of likely N-dealkylation sites (tertiary alicyclic amines) is 1. The lowest BCUT2D eigenvalue weighted by atomic mass is 9.95. The molecule has 0 aliphatic carbocycles. The summed E-state index contributed by atoms with van der Waals surface area (Å²) in [6.07, 6.45) is 9.47. The lowest BCUT2D eigenvalue weighted by Gasteiger charge is -2.30. The Morgan fingerprint density at radius 2 is 1.76 bits per heavy atom. The number of hydrogen-bond acceptors (Lipinski definition) is 8. The summed E-state index contributed by atoms with van der Waals surface area (Å²) >= 11 is 1.61. The number of aromatic nitrogens is 8. The zero-order valence-electron chi connectivity index (χ0n) is 20.6. The van der Waals surface area contributed by atoms with Crippen LogP contribution in [0.25, 0.3) is 39.3 Å². The number of benzene rings is 1. The van der Waals surface area contributed by atoms with Crippen molar-refractivity contribution in [1.29, 1.82) is 0 Å². The highest BCUT2D eigenvalue weighted by Gasteiger charge is 2.24. The molecular formula is C28H25N9S. The SMILES string of the molecule is c1ccc(-c2n[nH]c(C3CCN(Cc4ccc(-c5nc6ncccn6c5-c5nccs5)cc4)CC3)n2)nc1. The number of aromatic amines is 1. The number of rotatable bonds is 6. The van der Waals surface area contributed by atoms with Gasteiger partial charge in [0.25, 0.3) is 0 Å². The van der Waals surface area contributed by atoms with Gasteiger partial charge in [0.15, 0.2) is 5.82 Å². The van der Waals surface area contributed by atoms with Crippen molar-refractivity contribution in [1.82, 2.24) is 44.4 Å². The van der Waals surface area contributed by atoms with Crippen LogP contribution in [0, 0.1) is 0 Å². The molecule has 1 fully saturated rings. The Kier molecular flexibility index (Phi) is 5.95. The van der Waals surface area contributed by atoms with E-state index in [4.69, 9.17) is 9.97 Å². The smallest absolute Gasteiger partial charge is 0.234 e. The van der Waals surface area contributed by atoms with Crippen molar-refractivity contribution in [3.8, 4) is 33.5 Å². The molecule has 10 heteroatoms. The van der Waals surface area contributed by atoms with E-state index in [2.05, 4.69) is 54.3 Å². The predicted molar refractivity (Wildman–Crippen MR) is 146 cm³/mol. The third kappa shape index (κ3) is 4.37. The highest BCUT2D eigenvalue weighted by molar-refractivity contribution is 7.13. The molecule has 6 aromatic rings. The third-order valence-electron chi connectivity index (χ3n) is 7.04. The molecule has 0 radical (unpaired) electrons. The van der Waals surface area contributed by atoms with E-state index in [9.17, 15) is 0 Å². The maximum Gasteiger partial charge on any atom is 0.234 e. The first-order valence-electron chi connectivity index (χ1n) is 12.7. The fourth-order valence-corrected chi connectivity index (χ4v) is 5.77. The zero-order valence-corrected chi connectivity index (χ0v) is 21.4. The monoisotopic (exact) mass is 519 g/mol. The van der Waals surface area contributed by atoms with E-state index >= 15 is 0 Å². The number of fused-ring (bicyclic) bond motifs is 1. The van der Waals surface area contributed by atoms with Crippen LogP contribution in [-0.4, -0.2) is 57.5 Å². The minimum atomic E-state index is 0.395. The Hall–Kier alpha value is -4.28. The van der Waals surface area contributed by atoms with Crippen LogP contribution < -0.4 is 0 Å². The maximum absolute atomic E-state index is 4.83. The molecule has 0 unspecified atom stereocenters. The fraction of sp³-hybridized carbons (Fsp3) is 0.214. The van der Waals surface area contributed by atoms with Gasteiger partial charge in [0.1, 0.15) is 27.9 Å². The van der Waals surface area contributed by atoms with Gasteiger partial charge < -0.3 is 0 Å². The van der Waals surface area contributed by atoms with Crippen LogP contribution in [0.4, 0.5) is 0 Å². The lowest BCUT2D eigenvalue weighted by molar-refractivity contribution is 0.202. The van der Waals surface area contributed by atoms with Gasteiger partial charge in [-0.15, -0.1) is 11.3 Å². The number of nitrogens with one attached hydrogen (secondary N) is 1. The summed E-state index contributed by atoms with van der Waals surface area (Å²) in [5.41, 5.74) is 5.05. The average molecular weight is 520 g/mol. The van der Waals surface area contributed by atoms with Gasteiger partial charge in [0.2, 0.25) is 5.78 Å². The van der Waals surface area contributed by atoms with E-state index in [1.54, 1.807) is 23.7 Å². The number of thiazole rings is 1. The molecule has 1 N–H and O–H groups in total. The normalized spacial score (nSPS) is 14.8. The second-order valence-electron chi connectivity index (χ2n) is 9.44. The van der Waals surface area contributed by atoms with Crippen molar-refractivity contribution in [2.45, 2.75) is 25.3 Å². The van der Waals surface area contributed by atoms with Gasteiger partial charge in [0, 0.05) is 48.2 Å². The Bertz CT molecular complexity index is 1650. The first-order chi connectivity index (χ1) is 18.8. The molecule has 38 heavy (non-hydrogen) atoms. The molecule has 0 saturated carbocycles. The standard InChI is InChI=1S/C28H25N9S/c1-2-11-29-22(4-1)26-33-25(34-35-26)21-9-15-36(16-10-21)18-19-5-7-20(8-6-19)23-24(27-30-13-17-38-27)37-14-3-12-31-28(37)32-23/h1-8,11-14,17,21H,9-10,15-16,18H2,(H,33,34,35). The molecule has 0 amide bonds. The second-order valence-corrected chi connectivity index (χ2v) is 10.3. The van der Waals surface area contributed by atoms with Crippen molar-refractivity contribution in [2.75, 3.05) is 13.1 Å². The molecule has 188 valence electrons. The number of hydrogen-bond donors (Lipinski definition) is 1. The number of nitrogens with zero attached hydrogens (tertiary/aromatic N) is 8. The van der Waals surface area contributed by atoms with Crippen molar-refractivity contribution in [3.05, 3.63) is 90.1 Å². The van der Waals surface area contributed by atoms with Crippen LogP contribution in [0.15, 0.2) is 78.7 Å². The van der Waals surface area contributed by atoms with Crippen molar-refractivity contribution in [3.63, 3.8) is 0 Å². The van der Waals surface area contributed by atoms with Crippen LogP contribution in [0.2, 0.25) is 0 Å². The molecule has 1 aliphatic rings. The molecule has 7 rings (SSSR count). The van der Waals surface area contributed by atoms with Crippen LogP contribution >= 0.6 is 11.3 Å². The van der Waals surface area contributed by atoms with Crippen LogP contribution in [-0.2, 0) is 6.54 Å². The largest absolute Gasteiger partial charge is 0.299 e. The molecule has 0 spiro atoms. The molecule has 1 aromatic carbocycles. The summed E-state index contributed by atoms with van der Waals surface area (Å²) < 4.78 is 2.01. The van der Waals surface area contributed by atoms with E-state index in [1.165, 1.54) is 5.56 Å². The summed E-state index contributed by atoms with van der Waals surface area (Å²) in [6, 6.07) is 16.5. The van der Waals surface area contributed by atoms with Crippen LogP contribution in [0.5, 0.6) is 0 Å². The number of H-pyrrole nitrogens is 1. The Labute approximate surface area is 223 Å². The summed E-state index contributed by atoms with van der Waals surface area (Å²) in [5.74, 6) is 2.71. The number of piperidine rings is 1. The van der Waals surface area contributed by atoms with Gasteiger partial charge >= 0.3 is 0 Å². The van der Waals surface area contributed by atoms with Crippen molar-refractivity contribution >= 4 is 17.1 Å². The lowest BCUT2D eigenvalue weighted by Crippen LogP contribution is -2.32. The molecule has 1 aliphatic heterocycles. The number of imidazole rings is 1. The van der Waals surface area contributed by atoms with E-state index in [-0.39, 0.29) is 0 Å². The highest BCUT2D eigenvalue weighted by atomic mass is 32.1. The van der Waals surface area contributed by atoms with Crippen LogP contribution in [0.3, 0.4) is 0 Å². The summed E-state index contributed by atoms with van der Waals surface area (Å²) in [5, 5.41) is 10.5. The van der Waals surface area contributed by atoms with E-state index in [1.807, 2.05) is 46.4 Å². The molecule has 1 saturated heterocycles. The summed E-state index contributed by atoms with van der Waals surface area (Å²) in [7, 11) is 0. The average Bonchev–Trinajstić information content (AvgIpc) is 3.74. The Morgan fingerprint density at radius 3 is 2.55 bits per heavy atom. The van der Waals surface area contributed by atoms with Gasteiger partial charge in [-0.3, -0.25) is 19.4 Å². The quantitative estimate of drug-likeness (QED) is 0.327. The molecular weight excluding hydrogens is 494 g/mol. The predicted octanol–water partition coefficient (Wildman–Crippen LogP) is 5.08. The molecule has 5 aromatic heterocycles. The van der Waals surface area contributed by atoms with Gasteiger partial charge in [0.05, 0.1) is 0 Å². The van der Waals surface area contributed by atoms with Gasteiger partial charge in [-0.25, -0.2) is 19.9 Å². The van der Waals surface area contributed by atoms with E-state index in [0.29, 0.717) is 17.5 Å². The van der Waals surface area contributed by atoms with E-state index < -0.39 is 0 Å². The topological polar surface area (TPSA) is 101 Å². The third-order valence-corrected chi connectivity index (χ3v) is 7.82. The highest BCUT2D eigenvalue weighted by Crippen LogP contribution is 2.34. The van der Waals surface area contributed by atoms with Crippen molar-refractivity contribution in [2.24, 2.45) is 0 Å². The number of pyridine rings is 1. The molecule has 6 heterocycles. The first-order valence-corrected chi connectivity index (χ1v) is 13.6. The second kappa shape index (κ2) is 9.88. The van der Waals surface area contributed by atoms with Gasteiger partial charge in [-0.2, -0.15) is 5.10 Å². The first kappa shape index (κ1) is 22.9. The maximum atomic E-state index is 4.83. The van der Waals surface area contributed by atoms with E-state index in [0.717, 1.165) is 66.0 Å².